The molecule has 1 aromatic rings. The maximum Gasteiger partial charge on any atom is 0.410 e. The van der Waals surface area contributed by atoms with E-state index in [2.05, 4.69) is 26.2 Å². The van der Waals surface area contributed by atoms with E-state index in [1.165, 1.54) is 0 Å². The first-order valence-corrected chi connectivity index (χ1v) is 7.43. The van der Waals surface area contributed by atoms with Gasteiger partial charge in [0.05, 0.1) is 6.54 Å². The van der Waals surface area contributed by atoms with Crippen molar-refractivity contribution in [3.8, 4) is 0 Å². The van der Waals surface area contributed by atoms with Gasteiger partial charge in [-0.1, -0.05) is 0 Å². The number of aromatic nitrogens is 1. The predicted molar refractivity (Wildman–Crippen MR) is 81.7 cm³/mol. The minimum atomic E-state index is -0.491. The molecule has 1 N–H and O–H groups in total. The number of hydrogen-bond acceptors (Lipinski definition) is 4. The molecule has 1 aliphatic heterocycles. The second-order valence-electron chi connectivity index (χ2n) is 6.00. The molecule has 1 amide bonds. The molecule has 1 aliphatic rings. The number of carbonyl (C=O) groups excluding carboxylic acids is 1. The number of halogens is 1. The van der Waals surface area contributed by atoms with Crippen molar-refractivity contribution >= 4 is 27.8 Å². The van der Waals surface area contributed by atoms with Crippen molar-refractivity contribution < 1.29 is 9.53 Å². The second-order valence-corrected chi connectivity index (χ2v) is 6.92. The maximum absolute atomic E-state index is 12.3. The van der Waals surface area contributed by atoms with Crippen LogP contribution in [0.2, 0.25) is 0 Å². The molecule has 5 nitrogen and oxygen atoms in total. The summed E-state index contributed by atoms with van der Waals surface area (Å²) in [5.41, 5.74) is 0.490. The topological polar surface area (TPSA) is 54.5 Å². The summed E-state index contributed by atoms with van der Waals surface area (Å²) in [5.74, 6) is 0.825. The van der Waals surface area contributed by atoms with Crippen molar-refractivity contribution in [1.82, 2.24) is 9.88 Å². The van der Waals surface area contributed by atoms with Gasteiger partial charge in [0.1, 0.15) is 11.4 Å². The molecule has 0 aromatic carbocycles. The molecule has 0 bridgehead atoms. The Morgan fingerprint density at radius 1 is 1.55 bits per heavy atom. The van der Waals surface area contributed by atoms with Crippen LogP contribution < -0.4 is 5.32 Å². The average Bonchev–Trinajstić information content (AvgIpc) is 2.47. The molecule has 1 atom stereocenters. The van der Waals surface area contributed by atoms with Crippen molar-refractivity contribution in [2.24, 2.45) is 0 Å². The van der Waals surface area contributed by atoms with Gasteiger partial charge in [-0.2, -0.15) is 0 Å². The summed E-state index contributed by atoms with van der Waals surface area (Å²) in [5, 5.41) is 3.27. The van der Waals surface area contributed by atoms with Gasteiger partial charge in [-0.25, -0.2) is 9.78 Å². The van der Waals surface area contributed by atoms with E-state index in [1.807, 2.05) is 33.8 Å². The normalized spacial score (nSPS) is 18.9. The molecular weight excluding hydrogens is 322 g/mol. The van der Waals surface area contributed by atoms with E-state index in [1.54, 1.807) is 11.1 Å². The van der Waals surface area contributed by atoms with E-state index in [0.29, 0.717) is 13.1 Å². The van der Waals surface area contributed by atoms with Crippen molar-refractivity contribution in [3.05, 3.63) is 22.3 Å². The van der Waals surface area contributed by atoms with Gasteiger partial charge in [0.2, 0.25) is 0 Å². The Balaban J connectivity index is 2.23. The molecule has 0 fully saturated rings. The number of nitrogens with one attached hydrogen (secondary N) is 1. The van der Waals surface area contributed by atoms with Gasteiger partial charge >= 0.3 is 6.09 Å². The summed E-state index contributed by atoms with van der Waals surface area (Å²) in [6, 6.07) is 2.02. The fourth-order valence-electron chi connectivity index (χ4n) is 2.02. The highest BCUT2D eigenvalue weighted by Gasteiger charge is 2.29. The number of nitrogens with zero attached hydrogens (tertiary/aromatic N) is 2. The third kappa shape index (κ3) is 3.62. The summed E-state index contributed by atoms with van der Waals surface area (Å²) < 4.78 is 6.38. The molecule has 0 aliphatic carbocycles. The van der Waals surface area contributed by atoms with Crippen LogP contribution in [-0.4, -0.2) is 34.2 Å². The lowest BCUT2D eigenvalue weighted by atomic mass is 10.2. The van der Waals surface area contributed by atoms with Crippen LogP contribution in [0.1, 0.15) is 33.3 Å². The molecule has 2 heterocycles. The van der Waals surface area contributed by atoms with E-state index >= 15 is 0 Å². The molecule has 6 heteroatoms. The standard InChI is InChI=1S/C14H20BrN3O2/c1-9-6-16-12-10(5-11(15)7-17-12)8-18(9)13(19)20-14(2,3)4/h5,7,9H,6,8H2,1-4H3,(H,16,17). The van der Waals surface area contributed by atoms with Gasteiger partial charge in [0.25, 0.3) is 0 Å². The summed E-state index contributed by atoms with van der Waals surface area (Å²) >= 11 is 3.41. The first-order valence-electron chi connectivity index (χ1n) is 6.64. The minimum absolute atomic E-state index is 0.0397. The lowest BCUT2D eigenvalue weighted by molar-refractivity contribution is 0.0172. The van der Waals surface area contributed by atoms with Crippen LogP contribution in [0.25, 0.3) is 0 Å². The zero-order chi connectivity index (χ0) is 14.9. The molecule has 0 saturated heterocycles. The SMILES string of the molecule is CC1CNc2ncc(Br)cc2CN1C(=O)OC(C)(C)C. The first-order chi connectivity index (χ1) is 9.26. The summed E-state index contributed by atoms with van der Waals surface area (Å²) in [4.78, 5) is 18.4. The Morgan fingerprint density at radius 3 is 2.90 bits per heavy atom. The van der Waals surface area contributed by atoms with Crippen LogP contribution in [0.4, 0.5) is 10.6 Å². The summed E-state index contributed by atoms with van der Waals surface area (Å²) in [7, 11) is 0. The molecule has 0 radical (unpaired) electrons. The van der Waals surface area contributed by atoms with E-state index in [4.69, 9.17) is 4.74 Å². The second kappa shape index (κ2) is 5.60. The zero-order valence-electron chi connectivity index (χ0n) is 12.2. The Kier molecular flexibility index (Phi) is 4.22. The number of carbonyl (C=O) groups is 1. The van der Waals surface area contributed by atoms with Crippen LogP contribution in [0, 0.1) is 0 Å². The number of anilines is 1. The molecular formula is C14H20BrN3O2. The third-order valence-corrected chi connectivity index (χ3v) is 3.43. The predicted octanol–water partition coefficient (Wildman–Crippen LogP) is 3.40. The van der Waals surface area contributed by atoms with Crippen molar-refractivity contribution in [2.75, 3.05) is 11.9 Å². The zero-order valence-corrected chi connectivity index (χ0v) is 13.8. The van der Waals surface area contributed by atoms with E-state index < -0.39 is 5.60 Å². The monoisotopic (exact) mass is 341 g/mol. The number of fused-ring (bicyclic) bond motifs is 1. The van der Waals surface area contributed by atoms with Gasteiger partial charge in [0, 0.05) is 28.8 Å². The highest BCUT2D eigenvalue weighted by molar-refractivity contribution is 9.10. The van der Waals surface area contributed by atoms with Crippen LogP contribution in [0.5, 0.6) is 0 Å². The Morgan fingerprint density at radius 2 is 2.25 bits per heavy atom. The number of amides is 1. The van der Waals surface area contributed by atoms with E-state index in [0.717, 1.165) is 15.9 Å². The smallest absolute Gasteiger partial charge is 0.410 e. The molecule has 1 unspecified atom stereocenters. The number of pyridine rings is 1. The molecule has 0 spiro atoms. The highest BCUT2D eigenvalue weighted by atomic mass is 79.9. The Hall–Kier alpha value is -1.30. The largest absolute Gasteiger partial charge is 0.444 e. The molecule has 0 saturated carbocycles. The van der Waals surface area contributed by atoms with Crippen molar-refractivity contribution in [2.45, 2.75) is 45.9 Å². The van der Waals surface area contributed by atoms with Gasteiger partial charge in [-0.15, -0.1) is 0 Å². The highest BCUT2D eigenvalue weighted by Crippen LogP contribution is 2.24. The molecule has 20 heavy (non-hydrogen) atoms. The van der Waals surface area contributed by atoms with Gasteiger partial charge in [0.15, 0.2) is 0 Å². The summed E-state index contributed by atoms with van der Waals surface area (Å²) in [6.45, 7) is 8.76. The fourth-order valence-corrected chi connectivity index (χ4v) is 2.40. The van der Waals surface area contributed by atoms with Crippen LogP contribution in [0.3, 0.4) is 0 Å². The average molecular weight is 342 g/mol. The molecule has 2 rings (SSSR count). The van der Waals surface area contributed by atoms with Crippen LogP contribution in [-0.2, 0) is 11.3 Å². The van der Waals surface area contributed by atoms with E-state index in [9.17, 15) is 4.79 Å². The van der Waals surface area contributed by atoms with Crippen molar-refractivity contribution in [3.63, 3.8) is 0 Å². The Labute approximate surface area is 127 Å². The lowest BCUT2D eigenvalue weighted by Crippen LogP contribution is -2.43. The van der Waals surface area contributed by atoms with E-state index in [-0.39, 0.29) is 12.1 Å². The maximum atomic E-state index is 12.3. The molecule has 110 valence electrons. The van der Waals surface area contributed by atoms with Gasteiger partial charge < -0.3 is 10.1 Å². The minimum Gasteiger partial charge on any atom is -0.444 e. The lowest BCUT2D eigenvalue weighted by Gasteiger charge is -2.30. The number of ether oxygens (including phenoxy) is 1. The van der Waals surface area contributed by atoms with Gasteiger partial charge in [-0.05, 0) is 49.7 Å². The third-order valence-electron chi connectivity index (χ3n) is 3.00. The van der Waals surface area contributed by atoms with Gasteiger partial charge in [-0.3, -0.25) is 4.90 Å². The first kappa shape index (κ1) is 15.1. The molecule has 1 aromatic heterocycles. The fraction of sp³-hybridized carbons (Fsp3) is 0.571. The number of rotatable bonds is 0. The summed E-state index contributed by atoms with van der Waals surface area (Å²) in [6.07, 6.45) is 1.46. The Bertz CT molecular complexity index is 514. The number of hydrogen-bond donors (Lipinski definition) is 1. The quantitative estimate of drug-likeness (QED) is 0.785. The van der Waals surface area contributed by atoms with Crippen molar-refractivity contribution in [1.29, 1.82) is 0 Å². The van der Waals surface area contributed by atoms with Crippen LogP contribution in [0.15, 0.2) is 16.7 Å². The van der Waals surface area contributed by atoms with Crippen LogP contribution >= 0.6 is 15.9 Å².